The van der Waals surface area contributed by atoms with E-state index in [0.29, 0.717) is 18.9 Å². The number of imidazole rings is 1. The fourth-order valence-corrected chi connectivity index (χ4v) is 1.75. The van der Waals surface area contributed by atoms with Gasteiger partial charge in [0.15, 0.2) is 5.69 Å². The van der Waals surface area contributed by atoms with Gasteiger partial charge < -0.3 is 9.72 Å². The highest BCUT2D eigenvalue weighted by Crippen LogP contribution is 2.30. The molecule has 0 bridgehead atoms. The lowest BCUT2D eigenvalue weighted by Gasteiger charge is -2.35. The van der Waals surface area contributed by atoms with Gasteiger partial charge in [0, 0.05) is 0 Å². The Hall–Kier alpha value is -0.610. The van der Waals surface area contributed by atoms with Crippen molar-refractivity contribution in [3.05, 3.63) is 15.2 Å². The van der Waals surface area contributed by atoms with E-state index in [-0.39, 0.29) is 5.41 Å². The number of nitrogens with zero attached hydrogens (tertiary/aromatic N) is 2. The molecular formula is C8H8IN3O. The molecule has 1 aliphatic heterocycles. The molecule has 0 atom stereocenters. The number of nitriles is 1. The van der Waals surface area contributed by atoms with Crippen LogP contribution in [0.5, 0.6) is 0 Å². The molecular weight excluding hydrogens is 281 g/mol. The maximum Gasteiger partial charge on any atom is 0.172 e. The molecule has 1 aliphatic rings. The molecule has 0 spiro atoms. The molecule has 13 heavy (non-hydrogen) atoms. The average molecular weight is 289 g/mol. The third-order valence-corrected chi connectivity index (χ3v) is 2.96. The molecule has 4 nitrogen and oxygen atoms in total. The summed E-state index contributed by atoms with van der Waals surface area (Å²) >= 11 is 2.08. The van der Waals surface area contributed by atoms with Gasteiger partial charge in [-0.15, -0.1) is 0 Å². The predicted octanol–water partition coefficient (Wildman–Crippen LogP) is 1.17. The standard InChI is InChI=1S/C8H8IN3O/c1-8(3-13-4-8)7-11-5(2-10)6(9)12-7/h3-4H2,1H3,(H,11,12). The Labute approximate surface area is 89.4 Å². The molecule has 0 aromatic carbocycles. The topological polar surface area (TPSA) is 61.7 Å². The van der Waals surface area contributed by atoms with Crippen LogP contribution in [0.25, 0.3) is 0 Å². The first-order valence-corrected chi connectivity index (χ1v) is 4.97. The summed E-state index contributed by atoms with van der Waals surface area (Å²) in [5.74, 6) is 0.861. The van der Waals surface area contributed by atoms with Crippen molar-refractivity contribution in [2.45, 2.75) is 12.3 Å². The van der Waals surface area contributed by atoms with Crippen molar-refractivity contribution in [1.29, 1.82) is 5.26 Å². The molecule has 5 heteroatoms. The van der Waals surface area contributed by atoms with E-state index in [9.17, 15) is 0 Å². The molecule has 68 valence electrons. The normalized spacial score (nSPS) is 19.2. The smallest absolute Gasteiger partial charge is 0.172 e. The van der Waals surface area contributed by atoms with Crippen LogP contribution >= 0.6 is 22.6 Å². The van der Waals surface area contributed by atoms with Crippen LogP contribution in [0.4, 0.5) is 0 Å². The molecule has 1 fully saturated rings. The van der Waals surface area contributed by atoms with E-state index in [1.807, 2.05) is 6.07 Å². The lowest BCUT2D eigenvalue weighted by atomic mass is 9.88. The van der Waals surface area contributed by atoms with Gasteiger partial charge in [0.1, 0.15) is 15.6 Å². The second-order valence-electron chi connectivity index (χ2n) is 3.41. The van der Waals surface area contributed by atoms with E-state index >= 15 is 0 Å². The lowest BCUT2D eigenvalue weighted by Crippen LogP contribution is -2.44. The molecule has 1 saturated heterocycles. The highest BCUT2D eigenvalue weighted by Gasteiger charge is 2.38. The summed E-state index contributed by atoms with van der Waals surface area (Å²) in [6.07, 6.45) is 0. The van der Waals surface area contributed by atoms with E-state index in [1.165, 1.54) is 0 Å². The molecule has 0 radical (unpaired) electrons. The first-order chi connectivity index (χ1) is 6.15. The number of ether oxygens (including phenoxy) is 1. The van der Waals surface area contributed by atoms with Crippen molar-refractivity contribution in [3.63, 3.8) is 0 Å². The average Bonchev–Trinajstić information content (AvgIpc) is 2.43. The molecule has 0 aliphatic carbocycles. The van der Waals surface area contributed by atoms with Crippen LogP contribution in [0.1, 0.15) is 18.4 Å². The van der Waals surface area contributed by atoms with Crippen molar-refractivity contribution in [2.75, 3.05) is 13.2 Å². The summed E-state index contributed by atoms with van der Waals surface area (Å²) in [5.41, 5.74) is 0.457. The summed E-state index contributed by atoms with van der Waals surface area (Å²) < 4.78 is 5.94. The van der Waals surface area contributed by atoms with Crippen molar-refractivity contribution >= 4 is 22.6 Å². The fourth-order valence-electron chi connectivity index (χ4n) is 1.26. The Kier molecular flexibility index (Phi) is 2.04. The van der Waals surface area contributed by atoms with Gasteiger partial charge >= 0.3 is 0 Å². The molecule has 0 saturated carbocycles. The summed E-state index contributed by atoms with van der Waals surface area (Å²) in [5, 5.41) is 8.72. The van der Waals surface area contributed by atoms with E-state index in [4.69, 9.17) is 10.00 Å². The van der Waals surface area contributed by atoms with Crippen LogP contribution in [0.3, 0.4) is 0 Å². The molecule has 0 amide bonds. The zero-order chi connectivity index (χ0) is 9.47. The minimum Gasteiger partial charge on any atom is -0.379 e. The van der Waals surface area contributed by atoms with Gasteiger partial charge in [-0.25, -0.2) is 4.98 Å². The molecule has 1 aromatic rings. The van der Waals surface area contributed by atoms with Gasteiger partial charge in [-0.05, 0) is 29.5 Å². The third-order valence-electron chi connectivity index (χ3n) is 2.18. The number of halogens is 1. The van der Waals surface area contributed by atoms with Gasteiger partial charge in [-0.3, -0.25) is 0 Å². The lowest BCUT2D eigenvalue weighted by molar-refractivity contribution is -0.0540. The van der Waals surface area contributed by atoms with Crippen LogP contribution in [-0.4, -0.2) is 23.2 Å². The van der Waals surface area contributed by atoms with Crippen molar-refractivity contribution in [3.8, 4) is 6.07 Å². The van der Waals surface area contributed by atoms with E-state index < -0.39 is 0 Å². The highest BCUT2D eigenvalue weighted by molar-refractivity contribution is 14.1. The number of rotatable bonds is 1. The van der Waals surface area contributed by atoms with E-state index in [0.717, 1.165) is 9.53 Å². The number of nitrogens with one attached hydrogen (secondary N) is 1. The summed E-state index contributed by atoms with van der Waals surface area (Å²) in [7, 11) is 0. The highest BCUT2D eigenvalue weighted by atomic mass is 127. The minimum atomic E-state index is -0.0188. The number of hydrogen-bond acceptors (Lipinski definition) is 3. The van der Waals surface area contributed by atoms with Gasteiger partial charge in [-0.2, -0.15) is 5.26 Å². The summed E-state index contributed by atoms with van der Waals surface area (Å²) in [4.78, 5) is 7.33. The third kappa shape index (κ3) is 1.34. The molecule has 0 unspecified atom stereocenters. The first kappa shape index (κ1) is 8.97. The largest absolute Gasteiger partial charge is 0.379 e. The van der Waals surface area contributed by atoms with Crippen molar-refractivity contribution in [1.82, 2.24) is 9.97 Å². The Morgan fingerprint density at radius 2 is 2.38 bits per heavy atom. The van der Waals surface area contributed by atoms with Gasteiger partial charge in [-0.1, -0.05) is 0 Å². The van der Waals surface area contributed by atoms with Crippen molar-refractivity contribution in [2.24, 2.45) is 0 Å². The fraction of sp³-hybridized carbons (Fsp3) is 0.500. The van der Waals surface area contributed by atoms with Crippen molar-refractivity contribution < 1.29 is 4.74 Å². The van der Waals surface area contributed by atoms with Crippen LogP contribution in [0.15, 0.2) is 0 Å². The van der Waals surface area contributed by atoms with Gasteiger partial charge in [0.2, 0.25) is 0 Å². The first-order valence-electron chi connectivity index (χ1n) is 3.89. The van der Waals surface area contributed by atoms with Crippen LogP contribution < -0.4 is 0 Å². The number of H-pyrrole nitrogens is 1. The van der Waals surface area contributed by atoms with E-state index in [2.05, 4.69) is 39.5 Å². The Morgan fingerprint density at radius 1 is 1.69 bits per heavy atom. The number of hydrogen-bond donors (Lipinski definition) is 1. The monoisotopic (exact) mass is 289 g/mol. The molecule has 2 rings (SSSR count). The van der Waals surface area contributed by atoms with Crippen LogP contribution in [0.2, 0.25) is 0 Å². The predicted molar refractivity (Wildman–Crippen MR) is 54.2 cm³/mol. The van der Waals surface area contributed by atoms with Crippen LogP contribution in [-0.2, 0) is 10.2 Å². The number of aromatic nitrogens is 2. The van der Waals surface area contributed by atoms with Gasteiger partial charge in [0.25, 0.3) is 0 Å². The zero-order valence-corrected chi connectivity index (χ0v) is 9.25. The Bertz CT molecular complexity index is 375. The van der Waals surface area contributed by atoms with Crippen LogP contribution in [0, 0.1) is 15.0 Å². The Morgan fingerprint density at radius 3 is 2.77 bits per heavy atom. The molecule has 1 aromatic heterocycles. The Balaban J connectivity index is 2.37. The molecule has 1 N–H and O–H groups in total. The second-order valence-corrected chi connectivity index (χ2v) is 4.49. The maximum atomic E-state index is 8.72. The number of aromatic amines is 1. The molecule has 2 heterocycles. The zero-order valence-electron chi connectivity index (χ0n) is 7.09. The van der Waals surface area contributed by atoms with Gasteiger partial charge in [0.05, 0.1) is 18.6 Å². The summed E-state index contributed by atoms with van der Waals surface area (Å²) in [6, 6.07) is 2.05. The van der Waals surface area contributed by atoms with E-state index in [1.54, 1.807) is 0 Å². The minimum absolute atomic E-state index is 0.0188. The summed E-state index contributed by atoms with van der Waals surface area (Å²) in [6.45, 7) is 3.44. The maximum absolute atomic E-state index is 8.72. The SMILES string of the molecule is CC1(c2nc(C#N)c(I)[nH]2)COC1. The second kappa shape index (κ2) is 2.96. The quantitative estimate of drug-likeness (QED) is 0.789.